The zero-order valence-electron chi connectivity index (χ0n) is 19.2. The van der Waals surface area contributed by atoms with Crippen LogP contribution in [0.15, 0.2) is 24.5 Å². The molecule has 1 aromatic carbocycles. The summed E-state index contributed by atoms with van der Waals surface area (Å²) < 4.78 is 46.6. The van der Waals surface area contributed by atoms with Gasteiger partial charge in [-0.1, -0.05) is 6.92 Å². The van der Waals surface area contributed by atoms with Gasteiger partial charge in [0, 0.05) is 30.3 Å². The average molecular weight is 485 g/mol. The SMILES string of the molecule is CC1(COC(=O)N2CC3COCC(C2)C3Oc2ncnc(Nc3ccc(C#N)cc3F)c2F)CC1. The van der Waals surface area contributed by atoms with Gasteiger partial charge in [-0.3, -0.25) is 0 Å². The number of nitrogens with one attached hydrogen (secondary N) is 1. The molecule has 1 amide bonds. The molecule has 3 aliphatic rings. The van der Waals surface area contributed by atoms with Crippen LogP contribution in [0.1, 0.15) is 25.3 Å². The molecule has 0 radical (unpaired) electrons. The summed E-state index contributed by atoms with van der Waals surface area (Å²) in [7, 11) is 0. The van der Waals surface area contributed by atoms with Crippen LogP contribution in [0.5, 0.6) is 5.88 Å². The third kappa shape index (κ3) is 4.98. The molecule has 2 aromatic rings. The number of amides is 1. The van der Waals surface area contributed by atoms with E-state index in [2.05, 4.69) is 22.2 Å². The second-order valence-electron chi connectivity index (χ2n) is 9.68. The summed E-state index contributed by atoms with van der Waals surface area (Å²) in [6.07, 6.45) is 2.48. The Morgan fingerprint density at radius 3 is 2.69 bits per heavy atom. The Balaban J connectivity index is 1.27. The Labute approximate surface area is 201 Å². The summed E-state index contributed by atoms with van der Waals surface area (Å²) in [6, 6.07) is 5.62. The number of halogens is 2. The topological polar surface area (TPSA) is 110 Å². The van der Waals surface area contributed by atoms with E-state index in [0.29, 0.717) is 32.9 Å². The minimum atomic E-state index is -0.866. The second-order valence-corrected chi connectivity index (χ2v) is 9.68. The number of nitrogens with zero attached hydrogens (tertiary/aromatic N) is 4. The lowest BCUT2D eigenvalue weighted by atomic mass is 9.84. The zero-order chi connectivity index (χ0) is 24.6. The summed E-state index contributed by atoms with van der Waals surface area (Å²) in [5.41, 5.74) is 0.211. The number of carbonyl (C=O) groups is 1. The smallest absolute Gasteiger partial charge is 0.409 e. The number of carbonyl (C=O) groups excluding carboxylic acids is 1. The van der Waals surface area contributed by atoms with Crippen LogP contribution in [-0.4, -0.2) is 60.0 Å². The predicted molar refractivity (Wildman–Crippen MR) is 119 cm³/mol. The Morgan fingerprint density at radius 2 is 2.03 bits per heavy atom. The van der Waals surface area contributed by atoms with E-state index in [1.807, 2.05) is 6.07 Å². The Bertz CT molecular complexity index is 1160. The van der Waals surface area contributed by atoms with Crippen LogP contribution in [0.25, 0.3) is 0 Å². The Kier molecular flexibility index (Phi) is 6.15. The molecule has 1 aliphatic carbocycles. The summed E-state index contributed by atoms with van der Waals surface area (Å²) in [5.74, 6) is -2.48. The number of hydrogen-bond acceptors (Lipinski definition) is 8. The highest BCUT2D eigenvalue weighted by Gasteiger charge is 2.45. The van der Waals surface area contributed by atoms with Gasteiger partial charge in [0.1, 0.15) is 18.2 Å². The molecule has 2 atom stereocenters. The van der Waals surface area contributed by atoms with Crippen LogP contribution in [0.3, 0.4) is 0 Å². The maximum atomic E-state index is 15.2. The van der Waals surface area contributed by atoms with Crippen LogP contribution in [-0.2, 0) is 9.47 Å². The van der Waals surface area contributed by atoms with Gasteiger partial charge in [-0.25, -0.2) is 14.2 Å². The van der Waals surface area contributed by atoms with Crippen LogP contribution >= 0.6 is 0 Å². The van der Waals surface area contributed by atoms with Crippen molar-refractivity contribution in [2.75, 3.05) is 38.2 Å². The first-order valence-electron chi connectivity index (χ1n) is 11.5. The zero-order valence-corrected chi connectivity index (χ0v) is 19.2. The molecule has 1 saturated carbocycles. The first-order chi connectivity index (χ1) is 16.8. The van der Waals surface area contributed by atoms with Crippen molar-refractivity contribution < 1.29 is 27.8 Å². The van der Waals surface area contributed by atoms with E-state index in [1.165, 1.54) is 12.1 Å². The molecule has 2 aliphatic heterocycles. The molecule has 184 valence electrons. The van der Waals surface area contributed by atoms with E-state index in [-0.39, 0.29) is 46.3 Å². The van der Waals surface area contributed by atoms with Crippen molar-refractivity contribution in [1.82, 2.24) is 14.9 Å². The minimum absolute atomic E-state index is 0.0373. The fraction of sp³-hybridized carbons (Fsp3) is 0.500. The Morgan fingerprint density at radius 1 is 1.29 bits per heavy atom. The highest BCUT2D eigenvalue weighted by molar-refractivity contribution is 5.68. The number of fused-ring (bicyclic) bond motifs is 2. The van der Waals surface area contributed by atoms with Gasteiger partial charge in [-0.15, -0.1) is 0 Å². The van der Waals surface area contributed by atoms with E-state index in [4.69, 9.17) is 19.5 Å². The van der Waals surface area contributed by atoms with Crippen molar-refractivity contribution in [1.29, 1.82) is 5.26 Å². The van der Waals surface area contributed by atoms with E-state index in [9.17, 15) is 9.18 Å². The number of anilines is 2. The van der Waals surface area contributed by atoms with Crippen molar-refractivity contribution in [3.63, 3.8) is 0 Å². The number of ether oxygens (including phenoxy) is 3. The lowest BCUT2D eigenvalue weighted by Gasteiger charge is -2.45. The van der Waals surface area contributed by atoms with Crippen LogP contribution in [0.2, 0.25) is 0 Å². The lowest BCUT2D eigenvalue weighted by molar-refractivity contribution is -0.111. The van der Waals surface area contributed by atoms with Gasteiger partial charge in [0.25, 0.3) is 5.88 Å². The largest absolute Gasteiger partial charge is 0.471 e. The molecule has 35 heavy (non-hydrogen) atoms. The van der Waals surface area contributed by atoms with Crippen LogP contribution in [0.4, 0.5) is 25.1 Å². The molecular formula is C24H25F2N5O4. The molecule has 3 fully saturated rings. The van der Waals surface area contributed by atoms with Gasteiger partial charge in [-0.2, -0.15) is 14.6 Å². The summed E-state index contributed by atoms with van der Waals surface area (Å²) >= 11 is 0. The average Bonchev–Trinajstić information content (AvgIpc) is 3.58. The normalized spacial score (nSPS) is 24.3. The molecule has 0 spiro atoms. The van der Waals surface area contributed by atoms with Crippen molar-refractivity contribution in [3.8, 4) is 11.9 Å². The van der Waals surface area contributed by atoms with Crippen molar-refractivity contribution in [3.05, 3.63) is 41.7 Å². The van der Waals surface area contributed by atoms with E-state index in [0.717, 1.165) is 25.2 Å². The number of rotatable bonds is 6. The molecule has 1 aromatic heterocycles. The van der Waals surface area contributed by atoms with Crippen LogP contribution in [0, 0.1) is 40.2 Å². The number of likely N-dealkylation sites (tertiary alicyclic amines) is 1. The molecule has 3 heterocycles. The molecule has 5 rings (SSSR count). The first-order valence-corrected chi connectivity index (χ1v) is 11.5. The maximum Gasteiger partial charge on any atom is 0.409 e. The molecule has 1 N–H and O–H groups in total. The van der Waals surface area contributed by atoms with E-state index < -0.39 is 17.7 Å². The van der Waals surface area contributed by atoms with Gasteiger partial charge in [0.2, 0.25) is 5.82 Å². The molecular weight excluding hydrogens is 460 g/mol. The van der Waals surface area contributed by atoms with Gasteiger partial charge < -0.3 is 24.4 Å². The van der Waals surface area contributed by atoms with Gasteiger partial charge in [-0.05, 0) is 31.0 Å². The third-order valence-corrected chi connectivity index (χ3v) is 6.77. The fourth-order valence-corrected chi connectivity index (χ4v) is 4.39. The Hall–Kier alpha value is -3.52. The molecule has 2 unspecified atom stereocenters. The molecule has 11 heteroatoms. The summed E-state index contributed by atoms with van der Waals surface area (Å²) in [6.45, 7) is 3.96. The monoisotopic (exact) mass is 485 g/mol. The maximum absolute atomic E-state index is 15.2. The van der Waals surface area contributed by atoms with Crippen molar-refractivity contribution in [2.24, 2.45) is 17.3 Å². The van der Waals surface area contributed by atoms with Gasteiger partial charge in [0.05, 0.1) is 37.1 Å². The summed E-state index contributed by atoms with van der Waals surface area (Å²) in [4.78, 5) is 22.1. The number of benzene rings is 1. The standard InChI is InChI=1S/C24H25F2N5O4/c1-24(4-5-24)12-34-23(32)31-8-15-10-33-11-16(9-31)20(15)35-22-19(26)21(28-13-29-22)30-18-3-2-14(7-27)6-17(18)25/h2-3,6,13,15-16,20H,4-5,8-12H2,1H3,(H,28,29,30). The van der Waals surface area contributed by atoms with Crippen LogP contribution < -0.4 is 10.1 Å². The number of hydrogen-bond donors (Lipinski definition) is 1. The fourth-order valence-electron chi connectivity index (χ4n) is 4.39. The number of piperidine rings is 1. The molecule has 2 saturated heterocycles. The lowest BCUT2D eigenvalue weighted by Crippen LogP contribution is -2.58. The van der Waals surface area contributed by atoms with E-state index in [1.54, 1.807) is 4.90 Å². The van der Waals surface area contributed by atoms with E-state index >= 15 is 4.39 Å². The summed E-state index contributed by atoms with van der Waals surface area (Å²) in [5, 5.41) is 11.5. The van der Waals surface area contributed by atoms with Gasteiger partial charge >= 0.3 is 6.09 Å². The number of aromatic nitrogens is 2. The highest BCUT2D eigenvalue weighted by atomic mass is 19.1. The molecule has 9 nitrogen and oxygen atoms in total. The minimum Gasteiger partial charge on any atom is -0.471 e. The van der Waals surface area contributed by atoms with Crippen molar-refractivity contribution in [2.45, 2.75) is 25.9 Å². The predicted octanol–water partition coefficient (Wildman–Crippen LogP) is 3.63. The number of nitriles is 1. The molecule has 2 bridgehead atoms. The quantitative estimate of drug-likeness (QED) is 0.661. The highest BCUT2D eigenvalue weighted by Crippen LogP contribution is 2.45. The van der Waals surface area contributed by atoms with Gasteiger partial charge in [0.15, 0.2) is 5.82 Å². The second kappa shape index (κ2) is 9.26. The first kappa shape index (κ1) is 23.2. The third-order valence-electron chi connectivity index (χ3n) is 6.77. The van der Waals surface area contributed by atoms with Crippen molar-refractivity contribution >= 4 is 17.6 Å².